The van der Waals surface area contributed by atoms with E-state index in [-0.39, 0.29) is 0 Å². The molecule has 0 saturated heterocycles. The lowest BCUT2D eigenvalue weighted by atomic mass is 9.49. The molecule has 4 rings (SSSR count). The summed E-state index contributed by atoms with van der Waals surface area (Å²) in [5.41, 5.74) is 0.686. The van der Waals surface area contributed by atoms with Crippen molar-refractivity contribution in [3.63, 3.8) is 0 Å². The number of fused-ring (bicyclic) bond motifs is 5. The van der Waals surface area contributed by atoms with Crippen LogP contribution in [0, 0.1) is 46.8 Å². The van der Waals surface area contributed by atoms with Crippen LogP contribution >= 0.6 is 0 Å². The van der Waals surface area contributed by atoms with Gasteiger partial charge in [0.05, 0.1) is 0 Å². The fourth-order valence-electron chi connectivity index (χ4n) is 7.90. The van der Waals surface area contributed by atoms with Crippen molar-refractivity contribution in [1.82, 2.24) is 0 Å². The van der Waals surface area contributed by atoms with Gasteiger partial charge in [0, 0.05) is 6.61 Å². The highest BCUT2D eigenvalue weighted by Gasteiger charge is 2.56. The maximum Gasteiger partial charge on any atom is 0.0459 e. The highest BCUT2D eigenvalue weighted by molar-refractivity contribution is 5.05. The zero-order valence-electron chi connectivity index (χ0n) is 14.8. The number of aliphatic hydroxyl groups is 1. The molecule has 0 bridgehead atoms. The van der Waals surface area contributed by atoms with Gasteiger partial charge in [-0.3, -0.25) is 0 Å². The van der Waals surface area contributed by atoms with Crippen molar-refractivity contribution in [2.75, 3.05) is 6.61 Å². The molecular weight excluding hydrogens is 268 g/mol. The average molecular weight is 305 g/mol. The van der Waals surface area contributed by atoms with E-state index in [1.165, 1.54) is 64.2 Å². The van der Waals surface area contributed by atoms with Crippen LogP contribution in [0.15, 0.2) is 0 Å². The van der Waals surface area contributed by atoms with E-state index in [0.29, 0.717) is 17.9 Å². The van der Waals surface area contributed by atoms with Gasteiger partial charge in [-0.25, -0.2) is 0 Å². The van der Waals surface area contributed by atoms with Crippen LogP contribution in [0.4, 0.5) is 0 Å². The number of rotatable bonds is 2. The SMILES string of the molecule is CC[C@H]1CC[C@H]2[C@@H]3CC[C@H]4CC(CO)CC[C@@H]4[C@H]3CC[C@]12C. The zero-order chi connectivity index (χ0) is 15.3. The number of hydrogen-bond acceptors (Lipinski definition) is 1. The van der Waals surface area contributed by atoms with Crippen LogP contribution in [-0.2, 0) is 0 Å². The minimum absolute atomic E-state index is 0.441. The first-order valence-electron chi connectivity index (χ1n) is 10.3. The molecule has 0 aromatic heterocycles. The van der Waals surface area contributed by atoms with Crippen LogP contribution < -0.4 is 0 Å². The zero-order valence-corrected chi connectivity index (χ0v) is 14.8. The molecule has 4 fully saturated rings. The van der Waals surface area contributed by atoms with Crippen LogP contribution in [0.2, 0.25) is 0 Å². The molecule has 0 aliphatic heterocycles. The number of hydrogen-bond donors (Lipinski definition) is 1. The smallest absolute Gasteiger partial charge is 0.0459 e. The first kappa shape index (κ1) is 15.5. The maximum atomic E-state index is 9.53. The molecule has 4 saturated carbocycles. The Hall–Kier alpha value is -0.0400. The van der Waals surface area contributed by atoms with Crippen molar-refractivity contribution < 1.29 is 5.11 Å². The van der Waals surface area contributed by atoms with Crippen molar-refractivity contribution in [1.29, 1.82) is 0 Å². The molecule has 4 aliphatic rings. The number of aliphatic hydroxyl groups excluding tert-OH is 1. The minimum Gasteiger partial charge on any atom is -0.396 e. The lowest BCUT2D eigenvalue weighted by Gasteiger charge is -2.56. The molecule has 4 aliphatic carbocycles. The minimum atomic E-state index is 0.441. The van der Waals surface area contributed by atoms with Crippen molar-refractivity contribution in [3.8, 4) is 0 Å². The highest BCUT2D eigenvalue weighted by atomic mass is 16.3. The summed E-state index contributed by atoms with van der Waals surface area (Å²) in [7, 11) is 0. The van der Waals surface area contributed by atoms with Gasteiger partial charge in [0.1, 0.15) is 0 Å². The normalized spacial score (nSPS) is 54.4. The van der Waals surface area contributed by atoms with Crippen LogP contribution in [0.1, 0.15) is 78.1 Å². The van der Waals surface area contributed by atoms with Gasteiger partial charge in [0.15, 0.2) is 0 Å². The Kier molecular flexibility index (Phi) is 4.08. The molecule has 126 valence electrons. The monoisotopic (exact) mass is 304 g/mol. The topological polar surface area (TPSA) is 20.2 Å². The van der Waals surface area contributed by atoms with Crippen LogP contribution in [0.25, 0.3) is 0 Å². The molecule has 0 aromatic carbocycles. The third-order valence-electron chi connectivity index (χ3n) is 9.01. The van der Waals surface area contributed by atoms with Crippen LogP contribution in [0.3, 0.4) is 0 Å². The molecule has 0 heterocycles. The molecule has 1 unspecified atom stereocenters. The van der Waals surface area contributed by atoms with Gasteiger partial charge >= 0.3 is 0 Å². The van der Waals surface area contributed by atoms with E-state index in [4.69, 9.17) is 0 Å². The predicted molar refractivity (Wildman–Crippen MR) is 91.5 cm³/mol. The van der Waals surface area contributed by atoms with Crippen LogP contribution in [-0.4, -0.2) is 11.7 Å². The van der Waals surface area contributed by atoms with Gasteiger partial charge < -0.3 is 5.11 Å². The first-order chi connectivity index (χ1) is 10.7. The Labute approximate surface area is 137 Å². The van der Waals surface area contributed by atoms with Gasteiger partial charge in [-0.2, -0.15) is 0 Å². The molecular formula is C21H36O. The Morgan fingerprint density at radius 1 is 0.909 bits per heavy atom. The molecule has 1 nitrogen and oxygen atoms in total. The highest BCUT2D eigenvalue weighted by Crippen LogP contribution is 2.64. The molecule has 0 aromatic rings. The molecule has 1 N–H and O–H groups in total. The Morgan fingerprint density at radius 3 is 2.50 bits per heavy atom. The standard InChI is InChI=1S/C21H36O/c1-3-16-6-9-20-19-8-5-15-12-14(13-22)4-7-17(15)18(19)10-11-21(16,20)2/h14-20,22H,3-13H2,1-2H3/t14?,15-,16-,17-,18+,19+,20-,21+/m0/s1. The van der Waals surface area contributed by atoms with Crippen molar-refractivity contribution in [2.24, 2.45) is 46.8 Å². The predicted octanol–water partition coefficient (Wildman–Crippen LogP) is 5.27. The fourth-order valence-corrected chi connectivity index (χ4v) is 7.90. The van der Waals surface area contributed by atoms with Crippen molar-refractivity contribution in [3.05, 3.63) is 0 Å². The summed E-state index contributed by atoms with van der Waals surface area (Å²) in [6.07, 6.45) is 14.6. The Balaban J connectivity index is 1.52. The molecule has 1 heteroatoms. The molecule has 0 radical (unpaired) electrons. The first-order valence-corrected chi connectivity index (χ1v) is 10.3. The molecule has 0 amide bonds. The quantitative estimate of drug-likeness (QED) is 0.736. The van der Waals surface area contributed by atoms with Gasteiger partial charge in [0.2, 0.25) is 0 Å². The summed E-state index contributed by atoms with van der Waals surface area (Å²) in [6.45, 7) is 5.53. The lowest BCUT2D eigenvalue weighted by molar-refractivity contribution is -0.0709. The second-order valence-corrected chi connectivity index (χ2v) is 9.52. The lowest BCUT2D eigenvalue weighted by Crippen LogP contribution is -2.48. The third kappa shape index (κ3) is 2.21. The fraction of sp³-hybridized carbons (Fsp3) is 1.00. The summed E-state index contributed by atoms with van der Waals surface area (Å²) < 4.78 is 0. The Morgan fingerprint density at radius 2 is 1.73 bits per heavy atom. The average Bonchev–Trinajstić information content (AvgIpc) is 2.90. The van der Waals surface area contributed by atoms with E-state index in [1.54, 1.807) is 0 Å². The van der Waals surface area contributed by atoms with Gasteiger partial charge in [0.25, 0.3) is 0 Å². The summed E-state index contributed by atoms with van der Waals surface area (Å²) in [5.74, 6) is 6.78. The maximum absolute atomic E-state index is 9.53. The third-order valence-corrected chi connectivity index (χ3v) is 9.01. The molecule has 22 heavy (non-hydrogen) atoms. The summed E-state index contributed by atoms with van der Waals surface area (Å²) >= 11 is 0. The van der Waals surface area contributed by atoms with Crippen LogP contribution in [0.5, 0.6) is 0 Å². The van der Waals surface area contributed by atoms with Gasteiger partial charge in [-0.05, 0) is 105 Å². The van der Waals surface area contributed by atoms with E-state index >= 15 is 0 Å². The summed E-state index contributed by atoms with van der Waals surface area (Å²) in [4.78, 5) is 0. The largest absolute Gasteiger partial charge is 0.396 e. The van der Waals surface area contributed by atoms with E-state index in [2.05, 4.69) is 13.8 Å². The van der Waals surface area contributed by atoms with Crippen molar-refractivity contribution in [2.45, 2.75) is 78.1 Å². The van der Waals surface area contributed by atoms with E-state index in [1.807, 2.05) is 0 Å². The second kappa shape index (κ2) is 5.80. The summed E-state index contributed by atoms with van der Waals surface area (Å²) in [5, 5.41) is 9.53. The van der Waals surface area contributed by atoms with Gasteiger partial charge in [-0.1, -0.05) is 20.3 Å². The van der Waals surface area contributed by atoms with E-state index in [9.17, 15) is 5.11 Å². The molecule has 8 atom stereocenters. The Bertz CT molecular complexity index is 405. The molecule has 0 spiro atoms. The van der Waals surface area contributed by atoms with Gasteiger partial charge in [-0.15, -0.1) is 0 Å². The van der Waals surface area contributed by atoms with E-state index in [0.717, 1.165) is 35.5 Å². The summed E-state index contributed by atoms with van der Waals surface area (Å²) in [6, 6.07) is 0. The van der Waals surface area contributed by atoms with Crippen molar-refractivity contribution >= 4 is 0 Å². The second-order valence-electron chi connectivity index (χ2n) is 9.52. The van der Waals surface area contributed by atoms with E-state index < -0.39 is 0 Å².